The standard InChI is InChI=1S/C13H18O2/c1-9-7-11(13(15-4)5-6-13)8-10(2)12(9)14-3/h7-8H,5-6H2,1-4H3. The van der Waals surface area contributed by atoms with Gasteiger partial charge in [0.25, 0.3) is 0 Å². The molecule has 1 fully saturated rings. The van der Waals surface area contributed by atoms with Gasteiger partial charge in [0.1, 0.15) is 5.75 Å². The fourth-order valence-electron chi connectivity index (χ4n) is 2.26. The van der Waals surface area contributed by atoms with E-state index in [0.717, 1.165) is 18.6 Å². The van der Waals surface area contributed by atoms with Gasteiger partial charge in [-0.05, 0) is 55.5 Å². The Bertz CT molecular complexity index is 355. The van der Waals surface area contributed by atoms with Crippen LogP contribution in [0.15, 0.2) is 12.1 Å². The molecule has 15 heavy (non-hydrogen) atoms. The van der Waals surface area contributed by atoms with Gasteiger partial charge < -0.3 is 9.47 Å². The van der Waals surface area contributed by atoms with Crippen LogP contribution in [0.2, 0.25) is 0 Å². The van der Waals surface area contributed by atoms with E-state index in [2.05, 4.69) is 26.0 Å². The largest absolute Gasteiger partial charge is 0.496 e. The summed E-state index contributed by atoms with van der Waals surface area (Å²) in [5, 5.41) is 0. The van der Waals surface area contributed by atoms with E-state index in [1.165, 1.54) is 16.7 Å². The molecule has 2 heteroatoms. The minimum Gasteiger partial charge on any atom is -0.496 e. The molecule has 1 aromatic rings. The lowest BCUT2D eigenvalue weighted by Crippen LogP contribution is -2.09. The number of aryl methyl sites for hydroxylation is 2. The smallest absolute Gasteiger partial charge is 0.124 e. The summed E-state index contributed by atoms with van der Waals surface area (Å²) in [4.78, 5) is 0. The van der Waals surface area contributed by atoms with E-state index in [0.29, 0.717) is 0 Å². The molecule has 0 bridgehead atoms. The third-order valence-electron chi connectivity index (χ3n) is 3.29. The zero-order valence-corrected chi connectivity index (χ0v) is 9.89. The number of ether oxygens (including phenoxy) is 2. The maximum absolute atomic E-state index is 5.58. The van der Waals surface area contributed by atoms with E-state index in [-0.39, 0.29) is 5.60 Å². The third-order valence-corrected chi connectivity index (χ3v) is 3.29. The average Bonchev–Trinajstić information content (AvgIpc) is 2.97. The maximum Gasteiger partial charge on any atom is 0.124 e. The summed E-state index contributed by atoms with van der Waals surface area (Å²) < 4.78 is 10.9. The first-order valence-electron chi connectivity index (χ1n) is 5.34. The molecule has 1 aromatic carbocycles. The van der Waals surface area contributed by atoms with Crippen molar-refractivity contribution in [2.45, 2.75) is 32.3 Å². The Hall–Kier alpha value is -1.02. The minimum absolute atomic E-state index is 0.00178. The van der Waals surface area contributed by atoms with Crippen molar-refractivity contribution in [1.29, 1.82) is 0 Å². The highest BCUT2D eigenvalue weighted by Crippen LogP contribution is 2.49. The van der Waals surface area contributed by atoms with Crippen LogP contribution in [-0.2, 0) is 10.3 Å². The summed E-state index contributed by atoms with van der Waals surface area (Å²) in [6.45, 7) is 4.17. The zero-order chi connectivity index (χ0) is 11.1. The second-order valence-corrected chi connectivity index (χ2v) is 4.34. The topological polar surface area (TPSA) is 18.5 Å². The molecule has 0 N–H and O–H groups in total. The van der Waals surface area contributed by atoms with Gasteiger partial charge in [-0.25, -0.2) is 0 Å². The van der Waals surface area contributed by atoms with E-state index < -0.39 is 0 Å². The zero-order valence-electron chi connectivity index (χ0n) is 9.89. The highest BCUT2D eigenvalue weighted by atomic mass is 16.5. The van der Waals surface area contributed by atoms with Gasteiger partial charge in [0.15, 0.2) is 0 Å². The molecule has 0 aromatic heterocycles. The maximum atomic E-state index is 5.58. The Morgan fingerprint density at radius 1 is 1.07 bits per heavy atom. The Morgan fingerprint density at radius 3 is 1.93 bits per heavy atom. The SMILES string of the molecule is COc1c(C)cc(C2(OC)CC2)cc1C. The number of rotatable bonds is 3. The van der Waals surface area contributed by atoms with E-state index in [1.807, 2.05) is 0 Å². The van der Waals surface area contributed by atoms with Crippen LogP contribution in [0.4, 0.5) is 0 Å². The van der Waals surface area contributed by atoms with Crippen LogP contribution in [0.25, 0.3) is 0 Å². The summed E-state index contributed by atoms with van der Waals surface area (Å²) in [6, 6.07) is 4.37. The van der Waals surface area contributed by atoms with Crippen molar-refractivity contribution in [2.75, 3.05) is 14.2 Å². The van der Waals surface area contributed by atoms with Crippen molar-refractivity contribution < 1.29 is 9.47 Å². The average molecular weight is 206 g/mol. The molecule has 0 unspecified atom stereocenters. The van der Waals surface area contributed by atoms with Crippen LogP contribution in [-0.4, -0.2) is 14.2 Å². The molecular formula is C13H18O2. The molecule has 0 amide bonds. The van der Waals surface area contributed by atoms with Crippen LogP contribution < -0.4 is 4.74 Å². The molecule has 0 spiro atoms. The highest BCUT2D eigenvalue weighted by molar-refractivity contribution is 5.46. The quantitative estimate of drug-likeness (QED) is 0.757. The Balaban J connectivity index is 2.44. The molecule has 1 aliphatic rings. The van der Waals surface area contributed by atoms with Gasteiger partial charge in [0.05, 0.1) is 12.7 Å². The number of methoxy groups -OCH3 is 2. The molecule has 0 radical (unpaired) electrons. The molecule has 0 aliphatic heterocycles. The molecule has 2 rings (SSSR count). The van der Waals surface area contributed by atoms with Gasteiger partial charge in [-0.15, -0.1) is 0 Å². The lowest BCUT2D eigenvalue weighted by molar-refractivity contribution is 0.0788. The van der Waals surface area contributed by atoms with Crippen molar-refractivity contribution in [1.82, 2.24) is 0 Å². The van der Waals surface area contributed by atoms with Crippen LogP contribution in [0, 0.1) is 13.8 Å². The monoisotopic (exact) mass is 206 g/mol. The van der Waals surface area contributed by atoms with Gasteiger partial charge in [-0.2, -0.15) is 0 Å². The predicted octanol–water partition coefficient (Wildman–Crippen LogP) is 2.95. The number of hydrogen-bond donors (Lipinski definition) is 0. The van der Waals surface area contributed by atoms with E-state index in [1.54, 1.807) is 14.2 Å². The minimum atomic E-state index is 0.00178. The van der Waals surface area contributed by atoms with E-state index in [4.69, 9.17) is 9.47 Å². The van der Waals surface area contributed by atoms with Gasteiger partial charge in [-0.3, -0.25) is 0 Å². The first-order chi connectivity index (χ1) is 7.13. The molecule has 0 atom stereocenters. The molecule has 0 saturated heterocycles. The van der Waals surface area contributed by atoms with E-state index in [9.17, 15) is 0 Å². The van der Waals surface area contributed by atoms with Gasteiger partial charge in [-0.1, -0.05) is 0 Å². The van der Waals surface area contributed by atoms with Crippen molar-refractivity contribution in [3.8, 4) is 5.75 Å². The molecule has 2 nitrogen and oxygen atoms in total. The second kappa shape index (κ2) is 3.53. The lowest BCUT2D eigenvalue weighted by atomic mass is 10.0. The highest BCUT2D eigenvalue weighted by Gasteiger charge is 2.45. The van der Waals surface area contributed by atoms with Crippen molar-refractivity contribution in [3.63, 3.8) is 0 Å². The second-order valence-electron chi connectivity index (χ2n) is 4.34. The van der Waals surface area contributed by atoms with Crippen molar-refractivity contribution in [3.05, 3.63) is 28.8 Å². The van der Waals surface area contributed by atoms with Crippen LogP contribution in [0.1, 0.15) is 29.5 Å². The fraction of sp³-hybridized carbons (Fsp3) is 0.538. The van der Waals surface area contributed by atoms with Crippen LogP contribution >= 0.6 is 0 Å². The van der Waals surface area contributed by atoms with Gasteiger partial charge >= 0.3 is 0 Å². The molecular weight excluding hydrogens is 188 g/mol. The molecule has 0 heterocycles. The normalized spacial score (nSPS) is 17.6. The van der Waals surface area contributed by atoms with Crippen LogP contribution in [0.3, 0.4) is 0 Å². The van der Waals surface area contributed by atoms with Crippen LogP contribution in [0.5, 0.6) is 5.75 Å². The Labute approximate surface area is 91.2 Å². The summed E-state index contributed by atoms with van der Waals surface area (Å²) in [6.07, 6.45) is 2.27. The lowest BCUT2D eigenvalue weighted by Gasteiger charge is -2.17. The summed E-state index contributed by atoms with van der Waals surface area (Å²) in [5.41, 5.74) is 3.68. The van der Waals surface area contributed by atoms with Crippen molar-refractivity contribution in [2.24, 2.45) is 0 Å². The van der Waals surface area contributed by atoms with Gasteiger partial charge in [0.2, 0.25) is 0 Å². The van der Waals surface area contributed by atoms with Gasteiger partial charge in [0, 0.05) is 7.11 Å². The van der Waals surface area contributed by atoms with Crippen molar-refractivity contribution >= 4 is 0 Å². The Kier molecular flexibility index (Phi) is 2.47. The summed E-state index contributed by atoms with van der Waals surface area (Å²) in [7, 11) is 3.51. The molecule has 1 aliphatic carbocycles. The molecule has 1 saturated carbocycles. The summed E-state index contributed by atoms with van der Waals surface area (Å²) in [5.74, 6) is 0.991. The summed E-state index contributed by atoms with van der Waals surface area (Å²) >= 11 is 0. The number of benzene rings is 1. The molecule has 82 valence electrons. The first-order valence-corrected chi connectivity index (χ1v) is 5.34. The predicted molar refractivity (Wildman–Crippen MR) is 60.4 cm³/mol. The fourth-order valence-corrected chi connectivity index (χ4v) is 2.26. The first kappa shape index (κ1) is 10.5. The Morgan fingerprint density at radius 2 is 1.60 bits per heavy atom. The third kappa shape index (κ3) is 1.63. The number of hydrogen-bond acceptors (Lipinski definition) is 2. The van der Waals surface area contributed by atoms with E-state index >= 15 is 0 Å².